The average Bonchev–Trinajstić information content (AvgIpc) is 3.37. The summed E-state index contributed by atoms with van der Waals surface area (Å²) in [5.41, 5.74) is 9.56. The van der Waals surface area contributed by atoms with Gasteiger partial charge in [0.1, 0.15) is 0 Å². The van der Waals surface area contributed by atoms with Gasteiger partial charge in [0.05, 0.1) is 18.6 Å². The van der Waals surface area contributed by atoms with Gasteiger partial charge in [0, 0.05) is 23.4 Å². The van der Waals surface area contributed by atoms with Crippen molar-refractivity contribution in [1.82, 2.24) is 14.5 Å². The lowest BCUT2D eigenvalue weighted by Crippen LogP contribution is -2.38. The Morgan fingerprint density at radius 3 is 2.73 bits per heavy atom. The zero-order valence-electron chi connectivity index (χ0n) is 19.0. The Morgan fingerprint density at radius 2 is 1.94 bits per heavy atom. The van der Waals surface area contributed by atoms with E-state index in [0.717, 1.165) is 35.2 Å². The molecule has 33 heavy (non-hydrogen) atoms. The zero-order valence-corrected chi connectivity index (χ0v) is 19.0. The number of hydrogen-bond donors (Lipinski definition) is 2. The number of hydrogen-bond acceptors (Lipinski definition) is 5. The maximum Gasteiger partial charge on any atom is 0.191 e. The van der Waals surface area contributed by atoms with E-state index in [1.54, 1.807) is 10.9 Å². The summed E-state index contributed by atoms with van der Waals surface area (Å²) in [7, 11) is 1.98. The Labute approximate surface area is 194 Å². The number of nitrogens with two attached hydrogens (primary N) is 1. The van der Waals surface area contributed by atoms with Gasteiger partial charge in [0.2, 0.25) is 0 Å². The van der Waals surface area contributed by atoms with Crippen molar-refractivity contribution in [2.75, 3.05) is 7.05 Å². The lowest BCUT2D eigenvalue weighted by Gasteiger charge is -2.34. The minimum Gasteiger partial charge on any atom is -0.382 e. The first-order valence-corrected chi connectivity index (χ1v) is 11.4. The summed E-state index contributed by atoms with van der Waals surface area (Å²) in [5.74, 6) is 0.283. The van der Waals surface area contributed by atoms with E-state index in [2.05, 4.69) is 20.4 Å². The highest BCUT2D eigenvalue weighted by molar-refractivity contribution is 5.98. The summed E-state index contributed by atoms with van der Waals surface area (Å²) >= 11 is 0. The molecular formula is C25H31N7O. The molecule has 8 heteroatoms. The van der Waals surface area contributed by atoms with E-state index in [1.807, 2.05) is 72.7 Å². The van der Waals surface area contributed by atoms with Crippen LogP contribution in [-0.2, 0) is 6.54 Å². The minimum atomic E-state index is -0.741. The molecule has 1 aliphatic rings. The number of imidazole rings is 1. The van der Waals surface area contributed by atoms with Crippen molar-refractivity contribution >= 4 is 5.84 Å². The van der Waals surface area contributed by atoms with E-state index < -0.39 is 6.35 Å². The van der Waals surface area contributed by atoms with Crippen molar-refractivity contribution in [1.29, 1.82) is 0 Å². The van der Waals surface area contributed by atoms with Gasteiger partial charge < -0.3 is 10.8 Å². The van der Waals surface area contributed by atoms with Crippen LogP contribution in [0.1, 0.15) is 49.6 Å². The van der Waals surface area contributed by atoms with E-state index >= 15 is 0 Å². The van der Waals surface area contributed by atoms with E-state index in [0.29, 0.717) is 12.6 Å². The summed E-state index contributed by atoms with van der Waals surface area (Å²) in [6, 6.07) is 17.9. The monoisotopic (exact) mass is 445 g/mol. The molecule has 1 aromatic heterocycles. The van der Waals surface area contributed by atoms with Crippen molar-refractivity contribution in [3.05, 3.63) is 78.2 Å². The molecule has 1 heterocycles. The van der Waals surface area contributed by atoms with Gasteiger partial charge in [-0.2, -0.15) is 5.11 Å². The summed E-state index contributed by atoms with van der Waals surface area (Å²) in [6.07, 6.45) is 8.76. The van der Waals surface area contributed by atoms with Gasteiger partial charge in [0.15, 0.2) is 12.2 Å². The second-order valence-electron chi connectivity index (χ2n) is 8.45. The second kappa shape index (κ2) is 11.0. The molecule has 0 spiro atoms. The number of rotatable bonds is 8. The molecule has 1 saturated carbocycles. The third-order valence-corrected chi connectivity index (χ3v) is 6.15. The number of nitrogens with zero attached hydrogens (tertiary/aromatic N) is 6. The fourth-order valence-electron chi connectivity index (χ4n) is 4.17. The smallest absolute Gasteiger partial charge is 0.191 e. The van der Waals surface area contributed by atoms with Crippen molar-refractivity contribution in [2.24, 2.45) is 21.2 Å². The number of aliphatic hydroxyl groups is 1. The fourth-order valence-corrected chi connectivity index (χ4v) is 4.17. The molecule has 0 saturated heterocycles. The quantitative estimate of drug-likeness (QED) is 0.175. The first-order chi connectivity index (χ1) is 16.1. The number of aliphatic hydroxyl groups excluding tert-OH is 1. The molecule has 172 valence electrons. The summed E-state index contributed by atoms with van der Waals surface area (Å²) in [5, 5.41) is 22.8. The highest BCUT2D eigenvalue weighted by atomic mass is 16.3. The molecule has 1 unspecified atom stereocenters. The van der Waals surface area contributed by atoms with E-state index in [-0.39, 0.29) is 5.84 Å². The first-order valence-electron chi connectivity index (χ1n) is 11.4. The molecule has 1 atom stereocenters. The molecule has 2 aromatic carbocycles. The van der Waals surface area contributed by atoms with Gasteiger partial charge in [-0.1, -0.05) is 67.8 Å². The number of aromatic nitrogens is 2. The summed E-state index contributed by atoms with van der Waals surface area (Å²) < 4.78 is 1.74. The Balaban J connectivity index is 1.42. The van der Waals surface area contributed by atoms with Crippen LogP contribution in [0.25, 0.3) is 11.3 Å². The average molecular weight is 446 g/mol. The van der Waals surface area contributed by atoms with E-state index in [4.69, 9.17) is 5.73 Å². The second-order valence-corrected chi connectivity index (χ2v) is 8.45. The molecule has 8 nitrogen and oxygen atoms in total. The molecule has 0 aliphatic heterocycles. The van der Waals surface area contributed by atoms with Crippen LogP contribution in [0.15, 0.2) is 82.6 Å². The Bertz CT molecular complexity index is 1090. The number of amidine groups is 1. The van der Waals surface area contributed by atoms with E-state index in [9.17, 15) is 5.11 Å². The Hall–Kier alpha value is -3.36. The first kappa shape index (κ1) is 22.8. The summed E-state index contributed by atoms with van der Waals surface area (Å²) in [6.45, 7) is 0.451. The van der Waals surface area contributed by atoms with Crippen LogP contribution in [0.2, 0.25) is 0 Å². The lowest BCUT2D eigenvalue weighted by molar-refractivity contribution is -0.0695. The zero-order chi connectivity index (χ0) is 23.0. The van der Waals surface area contributed by atoms with Crippen LogP contribution in [0.3, 0.4) is 0 Å². The van der Waals surface area contributed by atoms with Gasteiger partial charge in [-0.25, -0.2) is 4.98 Å². The molecular weight excluding hydrogens is 414 g/mol. The molecule has 1 aliphatic carbocycles. The van der Waals surface area contributed by atoms with Gasteiger partial charge >= 0.3 is 0 Å². The van der Waals surface area contributed by atoms with E-state index in [1.165, 1.54) is 19.3 Å². The molecule has 1 fully saturated rings. The predicted octanol–water partition coefficient (Wildman–Crippen LogP) is 4.54. The van der Waals surface area contributed by atoms with Gasteiger partial charge in [-0.3, -0.25) is 9.47 Å². The van der Waals surface area contributed by atoms with Crippen molar-refractivity contribution < 1.29 is 5.11 Å². The number of benzene rings is 2. The highest BCUT2D eigenvalue weighted by Gasteiger charge is 2.24. The maximum absolute atomic E-state index is 10.8. The van der Waals surface area contributed by atoms with Crippen molar-refractivity contribution in [3.63, 3.8) is 0 Å². The van der Waals surface area contributed by atoms with Crippen LogP contribution >= 0.6 is 0 Å². The normalized spacial score (nSPS) is 16.5. The van der Waals surface area contributed by atoms with Crippen LogP contribution in [0.4, 0.5) is 0 Å². The lowest BCUT2D eigenvalue weighted by atomic mass is 9.95. The van der Waals surface area contributed by atoms with Crippen LogP contribution < -0.4 is 5.73 Å². The summed E-state index contributed by atoms with van der Waals surface area (Å²) in [4.78, 5) is 6.53. The molecule has 0 radical (unpaired) electrons. The molecule has 0 bridgehead atoms. The topological polar surface area (TPSA) is 104 Å². The molecule has 0 amide bonds. The molecule has 4 rings (SSSR count). The van der Waals surface area contributed by atoms with Gasteiger partial charge in [-0.05, 0) is 36.7 Å². The van der Waals surface area contributed by atoms with Crippen LogP contribution in [0.5, 0.6) is 0 Å². The Kier molecular flexibility index (Phi) is 7.59. The van der Waals surface area contributed by atoms with Gasteiger partial charge in [0.25, 0.3) is 0 Å². The van der Waals surface area contributed by atoms with Crippen molar-refractivity contribution in [3.8, 4) is 11.3 Å². The van der Waals surface area contributed by atoms with Crippen molar-refractivity contribution in [2.45, 2.75) is 51.0 Å². The van der Waals surface area contributed by atoms with Crippen LogP contribution in [0, 0.1) is 0 Å². The molecule has 3 aromatic rings. The fraction of sp³-hybridized carbons (Fsp3) is 0.360. The van der Waals surface area contributed by atoms with Crippen LogP contribution in [-0.4, -0.2) is 38.5 Å². The minimum absolute atomic E-state index is 0.283. The maximum atomic E-state index is 10.8. The highest BCUT2D eigenvalue weighted by Crippen LogP contribution is 2.26. The Morgan fingerprint density at radius 1 is 1.15 bits per heavy atom. The standard InChI is InChI=1S/C25H31N7O/c1-31(22-13-6-3-7-14-22)25(33)32-17-23(27-18-32)20-11-8-12-21(15-20)24(26)29-30-28-16-19-9-4-2-5-10-19/h2,4-5,8-12,15,17-18,22,25,33H,3,6-7,13-14,16H2,1H3,(H2,26,28,29). The molecule has 3 N–H and O–H groups in total. The predicted molar refractivity (Wildman–Crippen MR) is 129 cm³/mol. The SMILES string of the molecule is CN(C1CCCCC1)C(O)n1cnc(-c2cccc(/C(N)=N/N=NCc3ccccc3)c2)c1. The largest absolute Gasteiger partial charge is 0.382 e. The third kappa shape index (κ3) is 5.91. The van der Waals surface area contributed by atoms with Gasteiger partial charge in [-0.15, -0.1) is 5.10 Å². The third-order valence-electron chi connectivity index (χ3n) is 6.15.